The second kappa shape index (κ2) is 7.56. The number of nitrogens with zero attached hydrogens (tertiary/aromatic N) is 1. The zero-order valence-electron chi connectivity index (χ0n) is 15.7. The number of rotatable bonds is 4. The van der Waals surface area contributed by atoms with E-state index in [-0.39, 0.29) is 22.6 Å². The molecule has 1 N–H and O–H groups in total. The maximum absolute atomic E-state index is 12.6. The number of carbonyl (C=O) groups excluding carboxylic acids is 1. The number of benzene rings is 2. The number of para-hydroxylation sites is 1. The van der Waals surface area contributed by atoms with Crippen LogP contribution in [0, 0.1) is 0 Å². The van der Waals surface area contributed by atoms with E-state index in [1.54, 1.807) is 6.07 Å². The van der Waals surface area contributed by atoms with Gasteiger partial charge in [0.25, 0.3) is 0 Å². The van der Waals surface area contributed by atoms with Crippen LogP contribution in [0.4, 0.5) is 4.79 Å². The Morgan fingerprint density at radius 2 is 2.07 bits per heavy atom. The molecule has 0 spiro atoms. The first-order chi connectivity index (χ1) is 14.0. The highest BCUT2D eigenvalue weighted by molar-refractivity contribution is 7.21. The first-order valence-corrected chi connectivity index (χ1v) is 9.78. The summed E-state index contributed by atoms with van der Waals surface area (Å²) in [5.41, 5.74) is 0.824. The molecule has 7 nitrogen and oxygen atoms in total. The molecule has 2 aromatic carbocycles. The molecule has 0 radical (unpaired) electrons. The summed E-state index contributed by atoms with van der Waals surface area (Å²) in [6.45, 7) is 1.98. The van der Waals surface area contributed by atoms with Gasteiger partial charge in [-0.25, -0.2) is 14.6 Å². The summed E-state index contributed by atoms with van der Waals surface area (Å²) in [6, 6.07) is 10.5. The third-order valence-corrected chi connectivity index (χ3v) is 5.50. The van der Waals surface area contributed by atoms with E-state index in [0.29, 0.717) is 22.4 Å². The van der Waals surface area contributed by atoms with Crippen LogP contribution >= 0.6 is 11.3 Å². The maximum atomic E-state index is 12.6. The standard InChI is InChI=1S/C21H17NO6S/c1-3-6-11-9-12-15(10-14(11)28-21(25)26-2)27-20(24)17(18(12)23)19-22-13-7-4-5-8-16(13)29-19/h4-5,7-10,23H,3,6H2,1-2H3. The lowest BCUT2D eigenvalue weighted by molar-refractivity contribution is 0.121. The van der Waals surface area contributed by atoms with Crippen LogP contribution in [0.2, 0.25) is 0 Å². The monoisotopic (exact) mass is 411 g/mol. The Bertz CT molecular complexity index is 1260. The Morgan fingerprint density at radius 3 is 2.79 bits per heavy atom. The van der Waals surface area contributed by atoms with Crippen molar-refractivity contribution >= 4 is 38.7 Å². The minimum atomic E-state index is -0.876. The Balaban J connectivity index is 1.93. The van der Waals surface area contributed by atoms with Gasteiger partial charge in [-0.2, -0.15) is 0 Å². The number of hydrogen-bond donors (Lipinski definition) is 1. The average Bonchev–Trinajstić information content (AvgIpc) is 3.12. The van der Waals surface area contributed by atoms with Crippen molar-refractivity contribution in [1.82, 2.24) is 4.98 Å². The second-order valence-electron chi connectivity index (χ2n) is 6.36. The quantitative estimate of drug-likeness (QED) is 0.290. The first kappa shape index (κ1) is 18.9. The predicted octanol–water partition coefficient (Wildman–Crippen LogP) is 4.87. The fourth-order valence-corrected chi connectivity index (χ4v) is 4.12. The summed E-state index contributed by atoms with van der Waals surface area (Å²) in [6.07, 6.45) is 0.502. The predicted molar refractivity (Wildman–Crippen MR) is 110 cm³/mol. The van der Waals surface area contributed by atoms with Crippen LogP contribution in [0.1, 0.15) is 18.9 Å². The van der Waals surface area contributed by atoms with Crippen LogP contribution < -0.4 is 10.4 Å². The van der Waals surface area contributed by atoms with Gasteiger partial charge in [0, 0.05) is 6.07 Å². The van der Waals surface area contributed by atoms with Gasteiger partial charge in [0.15, 0.2) is 0 Å². The summed E-state index contributed by atoms with van der Waals surface area (Å²) in [5, 5.41) is 11.6. The minimum absolute atomic E-state index is 0.0165. The molecule has 148 valence electrons. The number of thiazole rings is 1. The zero-order valence-corrected chi connectivity index (χ0v) is 16.5. The van der Waals surface area contributed by atoms with Gasteiger partial charge in [-0.15, -0.1) is 11.3 Å². The molecule has 8 heteroatoms. The fraction of sp³-hybridized carbons (Fsp3) is 0.190. The molecule has 0 aliphatic rings. The lowest BCUT2D eigenvalue weighted by atomic mass is 10.0. The maximum Gasteiger partial charge on any atom is 0.513 e. The number of aromatic nitrogens is 1. The molecule has 0 atom stereocenters. The molecule has 0 unspecified atom stereocenters. The van der Waals surface area contributed by atoms with E-state index in [1.165, 1.54) is 24.5 Å². The highest BCUT2D eigenvalue weighted by Gasteiger charge is 2.21. The molecule has 4 rings (SSSR count). The van der Waals surface area contributed by atoms with Crippen LogP contribution in [-0.2, 0) is 11.2 Å². The zero-order chi connectivity index (χ0) is 20.5. The second-order valence-corrected chi connectivity index (χ2v) is 7.39. The molecule has 0 aliphatic carbocycles. The van der Waals surface area contributed by atoms with Crippen LogP contribution in [0.5, 0.6) is 11.5 Å². The number of aromatic hydroxyl groups is 1. The molecular weight excluding hydrogens is 394 g/mol. The van der Waals surface area contributed by atoms with Crippen molar-refractivity contribution < 1.29 is 23.8 Å². The van der Waals surface area contributed by atoms with Crippen LogP contribution in [-0.4, -0.2) is 23.4 Å². The SMILES string of the molecule is CCCc1cc2c(O)c(-c3nc4ccccc4s3)c(=O)oc2cc1OC(=O)OC. The normalized spacial score (nSPS) is 11.1. The first-order valence-electron chi connectivity index (χ1n) is 8.96. The van der Waals surface area contributed by atoms with Gasteiger partial charge >= 0.3 is 11.8 Å². The number of carbonyl (C=O) groups is 1. The molecule has 0 saturated heterocycles. The van der Waals surface area contributed by atoms with Crippen molar-refractivity contribution in [2.75, 3.05) is 7.11 Å². The van der Waals surface area contributed by atoms with Crippen LogP contribution in [0.15, 0.2) is 45.6 Å². The highest BCUT2D eigenvalue weighted by atomic mass is 32.1. The van der Waals surface area contributed by atoms with Crippen molar-refractivity contribution in [2.24, 2.45) is 0 Å². The van der Waals surface area contributed by atoms with E-state index in [0.717, 1.165) is 16.6 Å². The fourth-order valence-electron chi connectivity index (χ4n) is 3.12. The lowest BCUT2D eigenvalue weighted by Crippen LogP contribution is -2.09. The number of hydrogen-bond acceptors (Lipinski definition) is 8. The van der Waals surface area contributed by atoms with E-state index in [2.05, 4.69) is 9.72 Å². The van der Waals surface area contributed by atoms with Gasteiger partial charge in [-0.05, 0) is 30.2 Å². The van der Waals surface area contributed by atoms with E-state index in [9.17, 15) is 14.7 Å². The van der Waals surface area contributed by atoms with E-state index < -0.39 is 11.8 Å². The highest BCUT2D eigenvalue weighted by Crippen LogP contribution is 2.39. The third kappa shape index (κ3) is 3.42. The van der Waals surface area contributed by atoms with Crippen molar-refractivity contribution in [1.29, 1.82) is 0 Å². The number of methoxy groups -OCH3 is 1. The number of fused-ring (bicyclic) bond motifs is 2. The van der Waals surface area contributed by atoms with Gasteiger partial charge in [-0.3, -0.25) is 0 Å². The smallest absolute Gasteiger partial charge is 0.506 e. The largest absolute Gasteiger partial charge is 0.513 e. The summed E-state index contributed by atoms with van der Waals surface area (Å²) < 4.78 is 16.0. The van der Waals surface area contributed by atoms with E-state index >= 15 is 0 Å². The van der Waals surface area contributed by atoms with Crippen molar-refractivity contribution in [2.45, 2.75) is 19.8 Å². The number of ether oxygens (including phenoxy) is 2. The number of aryl methyl sites for hydroxylation is 1. The molecule has 0 aliphatic heterocycles. The summed E-state index contributed by atoms with van der Waals surface area (Å²) in [4.78, 5) is 28.6. The topological polar surface area (TPSA) is 98.9 Å². The lowest BCUT2D eigenvalue weighted by Gasteiger charge is -2.11. The van der Waals surface area contributed by atoms with Gasteiger partial charge in [0.1, 0.15) is 27.7 Å². The molecule has 0 fully saturated rings. The van der Waals surface area contributed by atoms with Gasteiger partial charge in [-0.1, -0.05) is 25.5 Å². The Hall–Kier alpha value is -3.39. The molecule has 0 saturated carbocycles. The van der Waals surface area contributed by atoms with Gasteiger partial charge in [0.05, 0.1) is 22.7 Å². The molecule has 29 heavy (non-hydrogen) atoms. The Kier molecular flexibility index (Phi) is 4.94. The van der Waals surface area contributed by atoms with E-state index in [4.69, 9.17) is 9.15 Å². The summed E-state index contributed by atoms with van der Waals surface area (Å²) in [5.74, 6) is 0.0127. The molecule has 2 aromatic heterocycles. The average molecular weight is 411 g/mol. The van der Waals surface area contributed by atoms with Crippen molar-refractivity contribution in [3.63, 3.8) is 0 Å². The van der Waals surface area contributed by atoms with Crippen molar-refractivity contribution in [3.05, 3.63) is 52.4 Å². The Labute approximate surface area is 169 Å². The van der Waals surface area contributed by atoms with Crippen LogP contribution in [0.25, 0.3) is 31.8 Å². The molecule has 0 amide bonds. The van der Waals surface area contributed by atoms with E-state index in [1.807, 2.05) is 31.2 Å². The molecule has 4 aromatic rings. The molecule has 0 bridgehead atoms. The van der Waals surface area contributed by atoms with Gasteiger partial charge < -0.3 is 19.0 Å². The molecule has 2 heterocycles. The summed E-state index contributed by atoms with van der Waals surface area (Å²) in [7, 11) is 1.21. The minimum Gasteiger partial charge on any atom is -0.506 e. The molecular formula is C21H17NO6S. The third-order valence-electron chi connectivity index (χ3n) is 4.45. The van der Waals surface area contributed by atoms with Gasteiger partial charge in [0.2, 0.25) is 0 Å². The Morgan fingerprint density at radius 1 is 1.28 bits per heavy atom. The summed E-state index contributed by atoms with van der Waals surface area (Å²) >= 11 is 1.30. The van der Waals surface area contributed by atoms with Crippen LogP contribution in [0.3, 0.4) is 0 Å². The van der Waals surface area contributed by atoms with Crippen molar-refractivity contribution in [3.8, 4) is 22.1 Å².